The molecule has 186 valence electrons. The van der Waals surface area contributed by atoms with Crippen LogP contribution in [0, 0.1) is 11.8 Å². The molecule has 1 aromatic carbocycles. The molecule has 0 aliphatic heterocycles. The van der Waals surface area contributed by atoms with Crippen LogP contribution in [0.15, 0.2) is 30.5 Å². The largest absolute Gasteiger partial charge is 0.480 e. The fourth-order valence-electron chi connectivity index (χ4n) is 3.58. The molecular formula is C24H35N5O5. The molecule has 0 aliphatic carbocycles. The van der Waals surface area contributed by atoms with Crippen LogP contribution in [-0.2, 0) is 25.6 Å². The van der Waals surface area contributed by atoms with Crippen molar-refractivity contribution >= 4 is 34.6 Å². The second-order valence-electron chi connectivity index (χ2n) is 9.21. The first kappa shape index (κ1) is 26.8. The van der Waals surface area contributed by atoms with Gasteiger partial charge < -0.3 is 31.8 Å². The minimum atomic E-state index is -1.16. The highest BCUT2D eigenvalue weighted by atomic mass is 16.4. The zero-order chi connectivity index (χ0) is 25.6. The molecule has 2 aromatic rings. The smallest absolute Gasteiger partial charge is 0.326 e. The molecule has 4 atom stereocenters. The Morgan fingerprint density at radius 2 is 1.47 bits per heavy atom. The average Bonchev–Trinajstić information content (AvgIpc) is 3.16. The van der Waals surface area contributed by atoms with E-state index < -0.39 is 47.9 Å². The first-order chi connectivity index (χ1) is 15.9. The summed E-state index contributed by atoms with van der Waals surface area (Å²) in [5, 5.41) is 18.3. The van der Waals surface area contributed by atoms with Crippen LogP contribution in [0.3, 0.4) is 0 Å². The Labute approximate surface area is 199 Å². The lowest BCUT2D eigenvalue weighted by molar-refractivity contribution is -0.143. The van der Waals surface area contributed by atoms with E-state index in [4.69, 9.17) is 5.73 Å². The van der Waals surface area contributed by atoms with E-state index in [-0.39, 0.29) is 18.3 Å². The van der Waals surface area contributed by atoms with Gasteiger partial charge in [-0.05, 0) is 30.4 Å². The third-order valence-electron chi connectivity index (χ3n) is 5.62. The van der Waals surface area contributed by atoms with Crippen LogP contribution >= 0.6 is 0 Å². The number of para-hydroxylation sites is 1. The van der Waals surface area contributed by atoms with E-state index in [0.29, 0.717) is 0 Å². The molecule has 0 saturated heterocycles. The van der Waals surface area contributed by atoms with E-state index in [1.54, 1.807) is 33.9 Å². The maximum Gasteiger partial charge on any atom is 0.326 e. The number of H-pyrrole nitrogens is 1. The molecule has 7 N–H and O–H groups in total. The van der Waals surface area contributed by atoms with Gasteiger partial charge in [0.1, 0.15) is 18.1 Å². The van der Waals surface area contributed by atoms with E-state index in [1.807, 2.05) is 24.3 Å². The van der Waals surface area contributed by atoms with Crippen molar-refractivity contribution in [2.24, 2.45) is 17.6 Å². The second kappa shape index (κ2) is 11.6. The summed E-state index contributed by atoms with van der Waals surface area (Å²) in [7, 11) is 0. The van der Waals surface area contributed by atoms with Gasteiger partial charge in [0.15, 0.2) is 0 Å². The summed E-state index contributed by atoms with van der Waals surface area (Å²) in [6, 6.07) is 3.62. The molecule has 0 saturated carbocycles. The number of carboxylic acids is 1. The van der Waals surface area contributed by atoms with E-state index in [2.05, 4.69) is 20.9 Å². The van der Waals surface area contributed by atoms with Crippen molar-refractivity contribution in [1.82, 2.24) is 20.9 Å². The molecule has 0 bridgehead atoms. The van der Waals surface area contributed by atoms with E-state index in [9.17, 15) is 24.3 Å². The van der Waals surface area contributed by atoms with Crippen molar-refractivity contribution in [3.8, 4) is 0 Å². The fraction of sp³-hybridized carbons (Fsp3) is 0.500. The minimum Gasteiger partial charge on any atom is -0.480 e. The number of fused-ring (bicyclic) bond motifs is 1. The highest BCUT2D eigenvalue weighted by Gasteiger charge is 2.32. The van der Waals surface area contributed by atoms with Crippen LogP contribution in [-0.4, -0.2) is 57.9 Å². The van der Waals surface area contributed by atoms with Gasteiger partial charge >= 0.3 is 5.97 Å². The molecule has 34 heavy (non-hydrogen) atoms. The van der Waals surface area contributed by atoms with Gasteiger partial charge in [-0.25, -0.2) is 4.79 Å². The predicted octanol–water partition coefficient (Wildman–Crippen LogP) is 0.909. The average molecular weight is 474 g/mol. The summed E-state index contributed by atoms with van der Waals surface area (Å²) >= 11 is 0. The number of carboxylic acid groups (broad SMARTS) is 1. The Kier molecular flexibility index (Phi) is 9.19. The van der Waals surface area contributed by atoms with Crippen molar-refractivity contribution in [3.05, 3.63) is 36.0 Å². The molecule has 10 nitrogen and oxygen atoms in total. The quantitative estimate of drug-likeness (QED) is 0.284. The normalized spacial score (nSPS) is 14.9. The molecule has 3 amide bonds. The van der Waals surface area contributed by atoms with Gasteiger partial charge in [-0.15, -0.1) is 0 Å². The third-order valence-corrected chi connectivity index (χ3v) is 5.62. The van der Waals surface area contributed by atoms with Gasteiger partial charge in [-0.1, -0.05) is 45.9 Å². The number of hydrogen-bond donors (Lipinski definition) is 6. The van der Waals surface area contributed by atoms with Crippen LogP contribution in [0.1, 0.15) is 40.2 Å². The van der Waals surface area contributed by atoms with Crippen molar-refractivity contribution < 1.29 is 24.3 Å². The molecule has 1 aromatic heterocycles. The van der Waals surface area contributed by atoms with Gasteiger partial charge in [0.2, 0.25) is 17.7 Å². The number of hydrogen-bond acceptors (Lipinski definition) is 5. The Balaban J connectivity index is 2.33. The number of benzene rings is 1. The van der Waals surface area contributed by atoms with E-state index in [0.717, 1.165) is 16.5 Å². The summed E-state index contributed by atoms with van der Waals surface area (Å²) < 4.78 is 0. The summed E-state index contributed by atoms with van der Waals surface area (Å²) in [4.78, 5) is 53.2. The summed E-state index contributed by atoms with van der Waals surface area (Å²) in [5.41, 5.74) is 7.28. The topological polar surface area (TPSA) is 166 Å². The molecule has 1 heterocycles. The number of rotatable bonds is 11. The zero-order valence-corrected chi connectivity index (χ0v) is 20.2. The summed E-state index contributed by atoms with van der Waals surface area (Å²) in [5.74, 6) is -3.47. The number of aliphatic carboxylic acids is 1. The lowest BCUT2D eigenvalue weighted by atomic mass is 9.99. The monoisotopic (exact) mass is 473 g/mol. The number of carbonyl (C=O) groups is 4. The first-order valence-corrected chi connectivity index (χ1v) is 11.4. The van der Waals surface area contributed by atoms with Gasteiger partial charge in [-0.2, -0.15) is 0 Å². The van der Waals surface area contributed by atoms with Crippen molar-refractivity contribution in [3.63, 3.8) is 0 Å². The maximum absolute atomic E-state index is 13.2. The summed E-state index contributed by atoms with van der Waals surface area (Å²) in [6.07, 6.45) is 1.88. The van der Waals surface area contributed by atoms with Gasteiger partial charge in [0.05, 0.1) is 6.04 Å². The predicted molar refractivity (Wildman–Crippen MR) is 129 cm³/mol. The Morgan fingerprint density at radius 1 is 0.882 bits per heavy atom. The van der Waals surface area contributed by atoms with Crippen LogP contribution in [0.25, 0.3) is 10.9 Å². The van der Waals surface area contributed by atoms with E-state index in [1.165, 1.54) is 6.92 Å². The van der Waals surface area contributed by atoms with Crippen molar-refractivity contribution in [2.45, 2.75) is 65.2 Å². The number of nitrogens with one attached hydrogen (secondary N) is 4. The Morgan fingerprint density at radius 3 is 2.03 bits per heavy atom. The number of aromatic nitrogens is 1. The van der Waals surface area contributed by atoms with Crippen LogP contribution in [0.2, 0.25) is 0 Å². The molecule has 0 fully saturated rings. The number of amides is 3. The lowest BCUT2D eigenvalue weighted by Gasteiger charge is -2.27. The minimum absolute atomic E-state index is 0.123. The zero-order valence-electron chi connectivity index (χ0n) is 20.2. The van der Waals surface area contributed by atoms with Gasteiger partial charge in [0.25, 0.3) is 0 Å². The van der Waals surface area contributed by atoms with Crippen LogP contribution < -0.4 is 21.7 Å². The molecule has 0 aliphatic rings. The molecule has 0 radical (unpaired) electrons. The lowest BCUT2D eigenvalue weighted by Crippen LogP contribution is -2.59. The SMILES string of the molecule is CC(N)C(=O)NC(C(=O)NC(Cc1c[nH]c2ccccc12)C(=O)NC(C(=O)O)C(C)C)C(C)C. The van der Waals surface area contributed by atoms with Crippen molar-refractivity contribution in [2.75, 3.05) is 0 Å². The number of nitrogens with two attached hydrogens (primary N) is 1. The van der Waals surface area contributed by atoms with E-state index >= 15 is 0 Å². The number of carbonyl (C=O) groups excluding carboxylic acids is 3. The van der Waals surface area contributed by atoms with Gasteiger partial charge in [0, 0.05) is 23.5 Å². The van der Waals surface area contributed by atoms with Crippen molar-refractivity contribution in [1.29, 1.82) is 0 Å². The molecule has 2 rings (SSSR count). The first-order valence-electron chi connectivity index (χ1n) is 11.4. The standard InChI is InChI=1S/C24H35N5O5/c1-12(2)19(28-21(30)14(5)25)23(32)27-18(22(31)29-20(13(3)4)24(33)34)10-15-11-26-17-9-7-6-8-16(15)17/h6-9,11-14,18-20,26H,10,25H2,1-5H3,(H,27,32)(H,28,30)(H,29,31)(H,33,34). The van der Waals surface area contributed by atoms with Gasteiger partial charge in [-0.3, -0.25) is 14.4 Å². The highest BCUT2D eigenvalue weighted by Crippen LogP contribution is 2.19. The number of aromatic amines is 1. The maximum atomic E-state index is 13.2. The molecule has 0 spiro atoms. The summed E-state index contributed by atoms with van der Waals surface area (Å²) in [6.45, 7) is 8.41. The fourth-order valence-corrected chi connectivity index (χ4v) is 3.58. The Hall–Kier alpha value is -3.40. The molecule has 10 heteroatoms. The van der Waals surface area contributed by atoms with Crippen LogP contribution in [0.5, 0.6) is 0 Å². The van der Waals surface area contributed by atoms with Crippen LogP contribution in [0.4, 0.5) is 0 Å². The second-order valence-corrected chi connectivity index (χ2v) is 9.21. The molecular weight excluding hydrogens is 438 g/mol. The molecule has 4 unspecified atom stereocenters. The third kappa shape index (κ3) is 6.80. The Bertz CT molecular complexity index is 1030. The highest BCUT2D eigenvalue weighted by molar-refractivity contribution is 5.95.